The zero-order valence-electron chi connectivity index (χ0n) is 11.9. The van der Waals surface area contributed by atoms with Crippen LogP contribution in [0.2, 0.25) is 0 Å². The lowest BCUT2D eigenvalue weighted by molar-refractivity contribution is -0.135. The minimum atomic E-state index is -0.0542. The number of nitrogens with zero attached hydrogens (tertiary/aromatic N) is 1. The summed E-state index contributed by atoms with van der Waals surface area (Å²) in [6, 6.07) is 8.11. The van der Waals surface area contributed by atoms with E-state index < -0.39 is 0 Å². The fraction of sp³-hybridized carbons (Fsp3) is 0.562. The van der Waals surface area contributed by atoms with Gasteiger partial charge in [0.1, 0.15) is 5.75 Å². The highest BCUT2D eigenvalue weighted by molar-refractivity contribution is 5.85. The SMILES string of the molecule is CC1CN(C(=O)C2CCOc3ccccc32)CCC1N. The van der Waals surface area contributed by atoms with Crippen molar-refractivity contribution in [3.63, 3.8) is 0 Å². The monoisotopic (exact) mass is 274 g/mol. The number of hydrogen-bond acceptors (Lipinski definition) is 3. The Balaban J connectivity index is 1.78. The second-order valence-corrected chi connectivity index (χ2v) is 5.94. The third-order valence-electron chi connectivity index (χ3n) is 4.54. The fourth-order valence-electron chi connectivity index (χ4n) is 3.18. The maximum Gasteiger partial charge on any atom is 0.230 e. The van der Waals surface area contributed by atoms with E-state index in [-0.39, 0.29) is 17.9 Å². The molecule has 0 saturated carbocycles. The molecule has 1 aromatic rings. The van der Waals surface area contributed by atoms with Crippen LogP contribution in [0.5, 0.6) is 5.75 Å². The summed E-state index contributed by atoms with van der Waals surface area (Å²) >= 11 is 0. The quantitative estimate of drug-likeness (QED) is 0.849. The van der Waals surface area contributed by atoms with Crippen molar-refractivity contribution in [2.45, 2.75) is 31.7 Å². The van der Waals surface area contributed by atoms with Gasteiger partial charge in [-0.15, -0.1) is 0 Å². The number of carbonyl (C=O) groups excluding carboxylic acids is 1. The Morgan fingerprint density at radius 3 is 2.95 bits per heavy atom. The average Bonchev–Trinajstić information content (AvgIpc) is 2.49. The normalized spacial score (nSPS) is 29.5. The van der Waals surface area contributed by atoms with Crippen molar-refractivity contribution >= 4 is 5.91 Å². The molecule has 1 fully saturated rings. The summed E-state index contributed by atoms with van der Waals surface area (Å²) in [5.41, 5.74) is 7.07. The molecule has 108 valence electrons. The standard InChI is InChI=1S/C16H22N2O2/c1-11-10-18(8-6-14(11)17)16(19)13-7-9-20-15-5-3-2-4-12(13)15/h2-5,11,13-14H,6-10,17H2,1H3. The number of benzene rings is 1. The molecule has 20 heavy (non-hydrogen) atoms. The van der Waals surface area contributed by atoms with Crippen molar-refractivity contribution in [2.75, 3.05) is 19.7 Å². The van der Waals surface area contributed by atoms with Crippen LogP contribution < -0.4 is 10.5 Å². The molecule has 0 spiro atoms. The van der Waals surface area contributed by atoms with Crippen molar-refractivity contribution in [1.82, 2.24) is 4.90 Å². The van der Waals surface area contributed by atoms with E-state index in [1.165, 1.54) is 0 Å². The van der Waals surface area contributed by atoms with Gasteiger partial charge < -0.3 is 15.4 Å². The molecule has 2 N–H and O–H groups in total. The number of ether oxygens (including phenoxy) is 1. The summed E-state index contributed by atoms with van der Waals surface area (Å²) in [7, 11) is 0. The molecule has 2 aliphatic rings. The Bertz CT molecular complexity index is 503. The third-order valence-corrected chi connectivity index (χ3v) is 4.54. The number of fused-ring (bicyclic) bond motifs is 1. The molecule has 1 saturated heterocycles. The number of nitrogens with two attached hydrogens (primary N) is 1. The van der Waals surface area contributed by atoms with Crippen LogP contribution in [0.1, 0.15) is 31.2 Å². The van der Waals surface area contributed by atoms with E-state index in [2.05, 4.69) is 6.92 Å². The van der Waals surface area contributed by atoms with Gasteiger partial charge in [-0.2, -0.15) is 0 Å². The van der Waals surface area contributed by atoms with Gasteiger partial charge in [-0.3, -0.25) is 4.79 Å². The number of likely N-dealkylation sites (tertiary alicyclic amines) is 1. The molecule has 1 amide bonds. The fourth-order valence-corrected chi connectivity index (χ4v) is 3.18. The van der Waals surface area contributed by atoms with E-state index in [0.29, 0.717) is 12.5 Å². The molecule has 0 aliphatic carbocycles. The Morgan fingerprint density at radius 2 is 2.15 bits per heavy atom. The zero-order chi connectivity index (χ0) is 14.1. The highest BCUT2D eigenvalue weighted by atomic mass is 16.5. The smallest absolute Gasteiger partial charge is 0.230 e. The van der Waals surface area contributed by atoms with Crippen LogP contribution in [-0.4, -0.2) is 36.5 Å². The van der Waals surface area contributed by atoms with E-state index >= 15 is 0 Å². The van der Waals surface area contributed by atoms with Crippen LogP contribution in [0.4, 0.5) is 0 Å². The molecule has 4 nitrogen and oxygen atoms in total. The highest BCUT2D eigenvalue weighted by Gasteiger charge is 2.34. The minimum Gasteiger partial charge on any atom is -0.493 e. The summed E-state index contributed by atoms with van der Waals surface area (Å²) < 4.78 is 5.64. The van der Waals surface area contributed by atoms with Gasteiger partial charge in [-0.05, 0) is 24.8 Å². The number of amides is 1. The molecule has 0 aromatic heterocycles. The van der Waals surface area contributed by atoms with Gasteiger partial charge in [0, 0.05) is 24.7 Å². The average molecular weight is 274 g/mol. The molecular formula is C16H22N2O2. The third kappa shape index (κ3) is 2.40. The second kappa shape index (κ2) is 5.44. The van der Waals surface area contributed by atoms with Gasteiger partial charge in [0.2, 0.25) is 5.91 Å². The summed E-state index contributed by atoms with van der Waals surface area (Å²) in [5.74, 6) is 1.42. The van der Waals surface area contributed by atoms with Crippen LogP contribution in [0, 0.1) is 5.92 Å². The summed E-state index contributed by atoms with van der Waals surface area (Å²) in [4.78, 5) is 14.8. The first-order valence-corrected chi connectivity index (χ1v) is 7.43. The van der Waals surface area contributed by atoms with Crippen molar-refractivity contribution in [2.24, 2.45) is 11.7 Å². The zero-order valence-corrected chi connectivity index (χ0v) is 11.9. The van der Waals surface area contributed by atoms with Gasteiger partial charge in [0.05, 0.1) is 12.5 Å². The molecule has 1 aromatic carbocycles. The van der Waals surface area contributed by atoms with Crippen molar-refractivity contribution in [3.8, 4) is 5.75 Å². The lowest BCUT2D eigenvalue weighted by atomic mass is 9.89. The summed E-state index contributed by atoms with van der Waals surface area (Å²) in [6.45, 7) is 4.31. The van der Waals surface area contributed by atoms with Gasteiger partial charge in [0.25, 0.3) is 0 Å². The van der Waals surface area contributed by atoms with Crippen LogP contribution in [0.15, 0.2) is 24.3 Å². The summed E-state index contributed by atoms with van der Waals surface area (Å²) in [6.07, 6.45) is 1.67. The Morgan fingerprint density at radius 1 is 1.35 bits per heavy atom. The van der Waals surface area contributed by atoms with E-state index in [4.69, 9.17) is 10.5 Å². The maximum absolute atomic E-state index is 12.8. The van der Waals surface area contributed by atoms with Gasteiger partial charge in [-0.1, -0.05) is 25.1 Å². The van der Waals surface area contributed by atoms with Crippen LogP contribution >= 0.6 is 0 Å². The first kappa shape index (κ1) is 13.4. The number of rotatable bonds is 1. The lowest BCUT2D eigenvalue weighted by Crippen LogP contribution is -2.49. The molecule has 3 unspecified atom stereocenters. The van der Waals surface area contributed by atoms with Crippen molar-refractivity contribution in [1.29, 1.82) is 0 Å². The molecular weight excluding hydrogens is 252 g/mol. The Kier molecular flexibility index (Phi) is 3.66. The number of piperidine rings is 1. The van der Waals surface area contributed by atoms with Gasteiger partial charge in [-0.25, -0.2) is 0 Å². The topological polar surface area (TPSA) is 55.6 Å². The number of hydrogen-bond donors (Lipinski definition) is 1. The van der Waals surface area contributed by atoms with Crippen LogP contribution in [0.25, 0.3) is 0 Å². The highest BCUT2D eigenvalue weighted by Crippen LogP contribution is 2.35. The van der Waals surface area contributed by atoms with E-state index in [1.807, 2.05) is 29.2 Å². The van der Waals surface area contributed by atoms with Crippen molar-refractivity contribution < 1.29 is 9.53 Å². The molecule has 2 aliphatic heterocycles. The Hall–Kier alpha value is -1.55. The van der Waals surface area contributed by atoms with Crippen LogP contribution in [-0.2, 0) is 4.79 Å². The molecule has 4 heteroatoms. The molecule has 3 rings (SSSR count). The maximum atomic E-state index is 12.8. The van der Waals surface area contributed by atoms with Gasteiger partial charge in [0.15, 0.2) is 0 Å². The lowest BCUT2D eigenvalue weighted by Gasteiger charge is -2.38. The van der Waals surface area contributed by atoms with E-state index in [0.717, 1.165) is 37.2 Å². The molecule has 2 heterocycles. The second-order valence-electron chi connectivity index (χ2n) is 5.94. The predicted molar refractivity (Wildman–Crippen MR) is 77.6 cm³/mol. The van der Waals surface area contributed by atoms with E-state index in [1.54, 1.807) is 0 Å². The summed E-state index contributed by atoms with van der Waals surface area (Å²) in [5, 5.41) is 0. The minimum absolute atomic E-state index is 0.0542. The molecule has 0 radical (unpaired) electrons. The number of carbonyl (C=O) groups is 1. The first-order chi connectivity index (χ1) is 9.66. The van der Waals surface area contributed by atoms with Crippen molar-refractivity contribution in [3.05, 3.63) is 29.8 Å². The number of para-hydroxylation sites is 1. The Labute approximate surface area is 119 Å². The van der Waals surface area contributed by atoms with Crippen LogP contribution in [0.3, 0.4) is 0 Å². The predicted octanol–water partition coefficient (Wildman–Crippen LogP) is 1.75. The molecule has 0 bridgehead atoms. The molecule has 3 atom stereocenters. The van der Waals surface area contributed by atoms with E-state index in [9.17, 15) is 4.79 Å². The largest absolute Gasteiger partial charge is 0.493 e. The first-order valence-electron chi connectivity index (χ1n) is 7.43. The van der Waals surface area contributed by atoms with Gasteiger partial charge >= 0.3 is 0 Å².